The Morgan fingerprint density at radius 3 is 2.90 bits per heavy atom. The van der Waals surface area contributed by atoms with Gasteiger partial charge in [-0.25, -0.2) is 0 Å². The topological polar surface area (TPSA) is 57.9 Å². The van der Waals surface area contributed by atoms with Gasteiger partial charge in [0.1, 0.15) is 6.10 Å². The summed E-state index contributed by atoms with van der Waals surface area (Å²) in [6, 6.07) is 0.757. The normalized spacial score (nSPS) is 23.7. The number of guanidine groups is 1. The second-order valence-corrected chi connectivity index (χ2v) is 8.08. The minimum absolute atomic E-state index is 0. The molecule has 1 aromatic heterocycles. The molecule has 8 heteroatoms. The van der Waals surface area contributed by atoms with Gasteiger partial charge < -0.3 is 19.9 Å². The first kappa shape index (κ1) is 24.4. The van der Waals surface area contributed by atoms with E-state index in [2.05, 4.69) is 34.1 Å². The summed E-state index contributed by atoms with van der Waals surface area (Å²) in [4.78, 5) is 9.89. The highest BCUT2D eigenvalue weighted by Crippen LogP contribution is 2.21. The second kappa shape index (κ2) is 12.7. The monoisotopic (exact) mass is 518 g/mol. The summed E-state index contributed by atoms with van der Waals surface area (Å²) in [5.41, 5.74) is 1.14. The molecule has 0 bridgehead atoms. The molecule has 7 nitrogen and oxygen atoms in total. The number of morpholine rings is 1. The Morgan fingerprint density at radius 2 is 2.17 bits per heavy atom. The zero-order chi connectivity index (χ0) is 19.8. The van der Waals surface area contributed by atoms with Gasteiger partial charge in [0, 0.05) is 44.5 Å². The maximum Gasteiger partial charge on any atom is 0.194 e. The number of piperidine rings is 1. The van der Waals surface area contributed by atoms with Crippen molar-refractivity contribution in [3.63, 3.8) is 0 Å². The molecule has 166 valence electrons. The summed E-state index contributed by atoms with van der Waals surface area (Å²) in [7, 11) is 1.94. The van der Waals surface area contributed by atoms with Crippen molar-refractivity contribution in [2.45, 2.75) is 58.1 Å². The van der Waals surface area contributed by atoms with Gasteiger partial charge >= 0.3 is 0 Å². The third kappa shape index (κ3) is 7.40. The predicted molar refractivity (Wildman–Crippen MR) is 129 cm³/mol. The molecule has 0 radical (unpaired) electrons. The van der Waals surface area contributed by atoms with Crippen LogP contribution in [0.2, 0.25) is 0 Å². The molecule has 0 aliphatic carbocycles. The minimum Gasteiger partial charge on any atom is -0.370 e. The largest absolute Gasteiger partial charge is 0.370 e. The van der Waals surface area contributed by atoms with Gasteiger partial charge in [0.05, 0.1) is 19.3 Å². The summed E-state index contributed by atoms with van der Waals surface area (Å²) in [6.07, 6.45) is 10.5. The van der Waals surface area contributed by atoms with E-state index < -0.39 is 0 Å². The van der Waals surface area contributed by atoms with E-state index in [4.69, 9.17) is 9.73 Å². The van der Waals surface area contributed by atoms with Crippen LogP contribution >= 0.6 is 24.0 Å². The molecule has 2 aliphatic heterocycles. The fourth-order valence-electron chi connectivity index (χ4n) is 4.18. The van der Waals surface area contributed by atoms with Gasteiger partial charge in [-0.2, -0.15) is 5.10 Å². The van der Waals surface area contributed by atoms with Gasteiger partial charge in [-0.15, -0.1) is 24.0 Å². The number of hydrogen-bond donors (Lipinski definition) is 1. The lowest BCUT2D eigenvalue weighted by molar-refractivity contribution is -0.00804. The number of aryl methyl sites for hydroxylation is 1. The fraction of sp³-hybridized carbons (Fsp3) is 0.810. The number of aliphatic imine (C=N–C) groups is 1. The lowest BCUT2D eigenvalue weighted by Gasteiger charge is -2.35. The molecule has 1 aromatic rings. The van der Waals surface area contributed by atoms with E-state index in [0.717, 1.165) is 56.8 Å². The lowest BCUT2D eigenvalue weighted by atomic mass is 10.0. The number of nitrogens with zero attached hydrogens (tertiary/aromatic N) is 5. The van der Waals surface area contributed by atoms with Crippen molar-refractivity contribution in [2.75, 3.05) is 45.9 Å². The van der Waals surface area contributed by atoms with Crippen LogP contribution in [0.25, 0.3) is 0 Å². The Balaban J connectivity index is 0.00000300. The van der Waals surface area contributed by atoms with Gasteiger partial charge in [-0.05, 0) is 52.6 Å². The van der Waals surface area contributed by atoms with Crippen molar-refractivity contribution in [1.29, 1.82) is 0 Å². The highest BCUT2D eigenvalue weighted by Gasteiger charge is 2.25. The molecule has 2 atom stereocenters. The highest BCUT2D eigenvalue weighted by molar-refractivity contribution is 14.0. The molecule has 3 rings (SSSR count). The van der Waals surface area contributed by atoms with Crippen molar-refractivity contribution in [3.05, 3.63) is 18.0 Å². The maximum absolute atomic E-state index is 5.97. The van der Waals surface area contributed by atoms with Crippen molar-refractivity contribution < 1.29 is 4.74 Å². The second-order valence-electron chi connectivity index (χ2n) is 8.08. The first-order chi connectivity index (χ1) is 13.7. The third-order valence-electron chi connectivity index (χ3n) is 5.85. The molecule has 2 saturated heterocycles. The van der Waals surface area contributed by atoms with Gasteiger partial charge in [0.15, 0.2) is 5.96 Å². The number of hydrogen-bond acceptors (Lipinski definition) is 4. The number of nitrogens with one attached hydrogen (secondary N) is 1. The number of ether oxygens (including phenoxy) is 1. The summed E-state index contributed by atoms with van der Waals surface area (Å²) in [6.45, 7) is 11.2. The average molecular weight is 518 g/mol. The minimum atomic E-state index is 0. The van der Waals surface area contributed by atoms with Crippen LogP contribution in [-0.2, 0) is 11.8 Å². The third-order valence-corrected chi connectivity index (χ3v) is 5.85. The van der Waals surface area contributed by atoms with Crippen LogP contribution in [0.3, 0.4) is 0 Å². The molecule has 2 fully saturated rings. The van der Waals surface area contributed by atoms with E-state index in [1.165, 1.54) is 38.8 Å². The number of halogens is 1. The smallest absolute Gasteiger partial charge is 0.194 e. The zero-order valence-electron chi connectivity index (χ0n) is 18.3. The summed E-state index contributed by atoms with van der Waals surface area (Å²) >= 11 is 0. The van der Waals surface area contributed by atoms with E-state index in [1.54, 1.807) is 0 Å². The van der Waals surface area contributed by atoms with Crippen LogP contribution in [0.4, 0.5) is 0 Å². The van der Waals surface area contributed by atoms with E-state index >= 15 is 0 Å². The van der Waals surface area contributed by atoms with Crippen molar-refractivity contribution in [1.82, 2.24) is 24.9 Å². The molecule has 0 saturated carbocycles. The summed E-state index contributed by atoms with van der Waals surface area (Å²) < 4.78 is 7.81. The van der Waals surface area contributed by atoms with Crippen molar-refractivity contribution >= 4 is 29.9 Å². The number of likely N-dealkylation sites (tertiary alicyclic amines) is 1. The van der Waals surface area contributed by atoms with Gasteiger partial charge in [-0.1, -0.05) is 6.42 Å². The predicted octanol–water partition coefficient (Wildman–Crippen LogP) is 3.03. The van der Waals surface area contributed by atoms with Gasteiger partial charge in [-0.3, -0.25) is 9.67 Å². The molecule has 0 aromatic carbocycles. The Hall–Kier alpha value is -0.870. The molecular weight excluding hydrogens is 479 g/mol. The first-order valence-electron chi connectivity index (χ1n) is 11.0. The maximum atomic E-state index is 5.97. The van der Waals surface area contributed by atoms with E-state index in [0.29, 0.717) is 0 Å². The summed E-state index contributed by atoms with van der Waals surface area (Å²) in [5, 5.41) is 7.75. The molecule has 0 amide bonds. The van der Waals surface area contributed by atoms with Crippen LogP contribution < -0.4 is 5.32 Å². The van der Waals surface area contributed by atoms with Crippen LogP contribution in [0.1, 0.15) is 57.6 Å². The van der Waals surface area contributed by atoms with Crippen LogP contribution in [-0.4, -0.2) is 77.5 Å². The standard InChI is InChI=1S/C21H38N6O.HI/c1-4-22-21(23-10-6-8-12-26-11-7-5-9-18(26)2)27-13-14-28-20(17-27)19-15-24-25(3)16-19;/h15-16,18,20H,4-14,17H2,1-3H3,(H,22,23);1H. The van der Waals surface area contributed by atoms with Crippen LogP contribution in [0, 0.1) is 0 Å². The fourth-order valence-corrected chi connectivity index (χ4v) is 4.18. The Labute approximate surface area is 193 Å². The van der Waals surface area contributed by atoms with Crippen LogP contribution in [0.15, 0.2) is 17.4 Å². The van der Waals surface area contributed by atoms with E-state index in [9.17, 15) is 0 Å². The Morgan fingerprint density at radius 1 is 1.31 bits per heavy atom. The van der Waals surface area contributed by atoms with Gasteiger partial charge in [0.25, 0.3) is 0 Å². The molecule has 2 aliphatic rings. The molecular formula is C21H39IN6O. The van der Waals surface area contributed by atoms with Crippen LogP contribution in [0.5, 0.6) is 0 Å². The average Bonchev–Trinajstić information content (AvgIpc) is 3.15. The quantitative estimate of drug-likeness (QED) is 0.260. The SMILES string of the molecule is CCNC(=NCCCCN1CCCCC1C)N1CCOC(c2cnn(C)c2)C1.I. The molecule has 0 spiro atoms. The number of aromatic nitrogens is 2. The molecule has 29 heavy (non-hydrogen) atoms. The molecule has 1 N–H and O–H groups in total. The Kier molecular flexibility index (Phi) is 10.7. The first-order valence-corrected chi connectivity index (χ1v) is 11.0. The highest BCUT2D eigenvalue weighted by atomic mass is 127. The molecule has 3 heterocycles. The summed E-state index contributed by atoms with van der Waals surface area (Å²) in [5.74, 6) is 1.02. The number of rotatable bonds is 7. The van der Waals surface area contributed by atoms with E-state index in [-0.39, 0.29) is 30.1 Å². The van der Waals surface area contributed by atoms with Crippen molar-refractivity contribution in [2.24, 2.45) is 12.0 Å². The van der Waals surface area contributed by atoms with Gasteiger partial charge in [0.2, 0.25) is 0 Å². The van der Waals surface area contributed by atoms with E-state index in [1.807, 2.05) is 24.1 Å². The number of unbranched alkanes of at least 4 members (excludes halogenated alkanes) is 1. The molecule has 2 unspecified atom stereocenters. The Bertz CT molecular complexity index is 622. The van der Waals surface area contributed by atoms with Crippen molar-refractivity contribution in [3.8, 4) is 0 Å². The lowest BCUT2D eigenvalue weighted by Crippen LogP contribution is -2.48. The zero-order valence-corrected chi connectivity index (χ0v) is 20.7.